The summed E-state index contributed by atoms with van der Waals surface area (Å²) < 4.78 is 5.92. The van der Waals surface area contributed by atoms with Crippen molar-refractivity contribution in [2.75, 3.05) is 12.4 Å². The molecule has 4 nitrogen and oxygen atoms in total. The Bertz CT molecular complexity index is 642. The summed E-state index contributed by atoms with van der Waals surface area (Å²) in [5.41, 5.74) is 0.126. The fourth-order valence-electron chi connectivity index (χ4n) is 2.01. The van der Waals surface area contributed by atoms with Crippen molar-refractivity contribution in [3.8, 4) is 5.75 Å². The van der Waals surface area contributed by atoms with Crippen LogP contribution in [-0.4, -0.2) is 18.2 Å². The van der Waals surface area contributed by atoms with Gasteiger partial charge in [-0.1, -0.05) is 24.3 Å². The first-order valence-corrected chi connectivity index (χ1v) is 7.17. The molecule has 2 N–H and O–H groups in total. The predicted molar refractivity (Wildman–Crippen MR) is 85.7 cm³/mol. The SMILES string of the molecule is COc1ccc(C(C)(Nc2ccccc2Br)C(=O)O)cc1. The highest BCUT2D eigenvalue weighted by Crippen LogP contribution is 2.31. The fourth-order valence-corrected chi connectivity index (χ4v) is 2.39. The Morgan fingerprint density at radius 1 is 1.19 bits per heavy atom. The smallest absolute Gasteiger partial charge is 0.333 e. The second-order valence-electron chi connectivity index (χ2n) is 4.76. The van der Waals surface area contributed by atoms with E-state index in [2.05, 4.69) is 21.2 Å². The van der Waals surface area contributed by atoms with Crippen LogP contribution in [0.3, 0.4) is 0 Å². The van der Waals surface area contributed by atoms with Gasteiger partial charge in [0.05, 0.1) is 7.11 Å². The molecule has 0 aliphatic carbocycles. The molecule has 0 radical (unpaired) electrons. The number of rotatable bonds is 5. The van der Waals surface area contributed by atoms with Gasteiger partial charge in [-0.15, -0.1) is 0 Å². The molecular weight excluding hydrogens is 334 g/mol. The minimum atomic E-state index is -1.24. The predicted octanol–water partition coefficient (Wildman–Crippen LogP) is 3.87. The standard InChI is InChI=1S/C16H16BrNO3/c1-16(15(19)20,11-7-9-12(21-2)10-8-11)18-14-6-4-3-5-13(14)17/h3-10,18H,1-2H3,(H,19,20). The molecule has 2 aromatic carbocycles. The average Bonchev–Trinajstić information content (AvgIpc) is 2.49. The van der Waals surface area contributed by atoms with Crippen molar-refractivity contribution < 1.29 is 14.6 Å². The molecule has 5 heteroatoms. The minimum absolute atomic E-state index is 0.645. The summed E-state index contributed by atoms with van der Waals surface area (Å²) in [6, 6.07) is 14.4. The second-order valence-corrected chi connectivity index (χ2v) is 5.62. The summed E-state index contributed by atoms with van der Waals surface area (Å²) in [6.07, 6.45) is 0. The van der Waals surface area contributed by atoms with E-state index in [1.165, 1.54) is 0 Å². The third kappa shape index (κ3) is 3.19. The van der Waals surface area contributed by atoms with Crippen LogP contribution < -0.4 is 10.1 Å². The third-order valence-electron chi connectivity index (χ3n) is 3.35. The zero-order chi connectivity index (χ0) is 15.5. The number of hydrogen-bond donors (Lipinski definition) is 2. The molecule has 21 heavy (non-hydrogen) atoms. The Morgan fingerprint density at radius 2 is 1.81 bits per heavy atom. The second kappa shape index (κ2) is 6.18. The topological polar surface area (TPSA) is 58.6 Å². The van der Waals surface area contributed by atoms with Crippen LogP contribution in [0, 0.1) is 0 Å². The van der Waals surface area contributed by atoms with Crippen molar-refractivity contribution in [2.24, 2.45) is 0 Å². The van der Waals surface area contributed by atoms with Gasteiger partial charge in [0.2, 0.25) is 0 Å². The fraction of sp³-hybridized carbons (Fsp3) is 0.188. The molecule has 0 heterocycles. The van der Waals surface area contributed by atoms with Crippen LogP contribution in [-0.2, 0) is 10.3 Å². The Hall–Kier alpha value is -2.01. The first-order valence-electron chi connectivity index (χ1n) is 6.38. The molecule has 0 spiro atoms. The van der Waals surface area contributed by atoms with E-state index in [1.54, 1.807) is 38.3 Å². The van der Waals surface area contributed by atoms with E-state index in [0.717, 1.165) is 10.2 Å². The van der Waals surface area contributed by atoms with Gasteiger partial charge in [0, 0.05) is 10.2 Å². The molecule has 2 rings (SSSR count). The highest BCUT2D eigenvalue weighted by atomic mass is 79.9. The number of carboxylic acids is 1. The number of hydrogen-bond acceptors (Lipinski definition) is 3. The molecular formula is C16H16BrNO3. The monoisotopic (exact) mass is 349 g/mol. The van der Waals surface area contributed by atoms with Crippen LogP contribution in [0.15, 0.2) is 53.0 Å². The van der Waals surface area contributed by atoms with Gasteiger partial charge in [-0.2, -0.15) is 0 Å². The van der Waals surface area contributed by atoms with Gasteiger partial charge >= 0.3 is 5.97 Å². The van der Waals surface area contributed by atoms with Crippen molar-refractivity contribution in [1.82, 2.24) is 0 Å². The van der Waals surface area contributed by atoms with Crippen LogP contribution in [0.5, 0.6) is 5.75 Å². The van der Waals surface area contributed by atoms with Crippen LogP contribution in [0.4, 0.5) is 5.69 Å². The van der Waals surface area contributed by atoms with Gasteiger partial charge in [-0.25, -0.2) is 4.79 Å². The summed E-state index contributed by atoms with van der Waals surface area (Å²) >= 11 is 3.42. The number of anilines is 1. The molecule has 0 aromatic heterocycles. The summed E-state index contributed by atoms with van der Waals surface area (Å²) in [6.45, 7) is 1.64. The number of halogens is 1. The lowest BCUT2D eigenvalue weighted by molar-refractivity contribution is -0.142. The van der Waals surface area contributed by atoms with Gasteiger partial charge in [0.25, 0.3) is 0 Å². The lowest BCUT2D eigenvalue weighted by atomic mass is 9.91. The first kappa shape index (κ1) is 15.4. The highest BCUT2D eigenvalue weighted by molar-refractivity contribution is 9.10. The Morgan fingerprint density at radius 3 is 2.33 bits per heavy atom. The minimum Gasteiger partial charge on any atom is -0.497 e. The van der Waals surface area contributed by atoms with E-state index in [9.17, 15) is 9.90 Å². The van der Waals surface area contributed by atoms with Crippen LogP contribution >= 0.6 is 15.9 Å². The number of nitrogens with one attached hydrogen (secondary N) is 1. The highest BCUT2D eigenvalue weighted by Gasteiger charge is 2.35. The van der Waals surface area contributed by atoms with E-state index in [1.807, 2.05) is 24.3 Å². The van der Waals surface area contributed by atoms with E-state index in [0.29, 0.717) is 11.3 Å². The maximum absolute atomic E-state index is 11.8. The number of carboxylic acid groups (broad SMARTS) is 1. The normalized spacial score (nSPS) is 13.3. The number of methoxy groups -OCH3 is 1. The molecule has 110 valence electrons. The van der Waals surface area contributed by atoms with E-state index in [4.69, 9.17) is 4.74 Å². The van der Waals surface area contributed by atoms with E-state index < -0.39 is 11.5 Å². The third-order valence-corrected chi connectivity index (χ3v) is 4.05. The Labute approximate surface area is 131 Å². The average molecular weight is 350 g/mol. The number of carbonyl (C=O) groups is 1. The van der Waals surface area contributed by atoms with Crippen molar-refractivity contribution in [3.63, 3.8) is 0 Å². The maximum atomic E-state index is 11.8. The van der Waals surface area contributed by atoms with Crippen molar-refractivity contribution in [2.45, 2.75) is 12.5 Å². The molecule has 0 bridgehead atoms. The Kier molecular flexibility index (Phi) is 4.53. The lowest BCUT2D eigenvalue weighted by Crippen LogP contribution is -2.40. The van der Waals surface area contributed by atoms with Gasteiger partial charge in [0.15, 0.2) is 5.54 Å². The van der Waals surface area contributed by atoms with Gasteiger partial charge < -0.3 is 15.2 Å². The quantitative estimate of drug-likeness (QED) is 0.860. The molecule has 0 aliphatic heterocycles. The van der Waals surface area contributed by atoms with E-state index >= 15 is 0 Å². The van der Waals surface area contributed by atoms with E-state index in [-0.39, 0.29) is 0 Å². The lowest BCUT2D eigenvalue weighted by Gasteiger charge is -2.28. The molecule has 0 saturated carbocycles. The van der Waals surface area contributed by atoms with Gasteiger partial charge in [-0.3, -0.25) is 0 Å². The molecule has 1 unspecified atom stereocenters. The van der Waals surface area contributed by atoms with Crippen molar-refractivity contribution >= 4 is 27.6 Å². The maximum Gasteiger partial charge on any atom is 0.333 e. The summed E-state index contributed by atoms with van der Waals surface area (Å²) in [5.74, 6) is -0.268. The molecule has 1 atom stereocenters. The van der Waals surface area contributed by atoms with Crippen molar-refractivity contribution in [1.29, 1.82) is 0 Å². The van der Waals surface area contributed by atoms with Gasteiger partial charge in [0.1, 0.15) is 5.75 Å². The van der Waals surface area contributed by atoms with Crippen molar-refractivity contribution in [3.05, 3.63) is 58.6 Å². The molecule has 0 fully saturated rings. The number of benzene rings is 2. The van der Waals surface area contributed by atoms with Crippen LogP contribution in [0.25, 0.3) is 0 Å². The number of ether oxygens (including phenoxy) is 1. The molecule has 0 amide bonds. The first-order chi connectivity index (χ1) is 9.97. The van der Waals surface area contributed by atoms with Gasteiger partial charge in [-0.05, 0) is 52.7 Å². The van der Waals surface area contributed by atoms with Crippen LogP contribution in [0.2, 0.25) is 0 Å². The zero-order valence-corrected chi connectivity index (χ0v) is 13.3. The number of aliphatic carboxylic acids is 1. The Balaban J connectivity index is 2.40. The summed E-state index contributed by atoms with van der Waals surface area (Å²) in [5, 5.41) is 12.7. The summed E-state index contributed by atoms with van der Waals surface area (Å²) in [7, 11) is 1.57. The molecule has 0 saturated heterocycles. The largest absolute Gasteiger partial charge is 0.497 e. The van der Waals surface area contributed by atoms with Crippen LogP contribution in [0.1, 0.15) is 12.5 Å². The molecule has 2 aromatic rings. The molecule has 0 aliphatic rings. The number of para-hydroxylation sites is 1. The zero-order valence-electron chi connectivity index (χ0n) is 11.8. The summed E-state index contributed by atoms with van der Waals surface area (Å²) in [4.78, 5) is 11.8.